The van der Waals surface area contributed by atoms with Crippen LogP contribution in [0.15, 0.2) is 0 Å². The van der Waals surface area contributed by atoms with Gasteiger partial charge in [0.25, 0.3) is 0 Å². The second kappa shape index (κ2) is 3.29. The van der Waals surface area contributed by atoms with Crippen molar-refractivity contribution in [1.82, 2.24) is 25.9 Å². The van der Waals surface area contributed by atoms with Gasteiger partial charge in [-0.3, -0.25) is 4.79 Å². The van der Waals surface area contributed by atoms with Crippen LogP contribution in [0.5, 0.6) is 0 Å². The highest BCUT2D eigenvalue weighted by Gasteiger charge is 2.10. The third kappa shape index (κ3) is 2.15. The number of aromatic nitrogens is 4. The Hall–Kier alpha value is -1.17. The zero-order valence-electron chi connectivity index (χ0n) is 5.71. The van der Waals surface area contributed by atoms with Crippen molar-refractivity contribution in [2.45, 2.75) is 13.0 Å². The van der Waals surface area contributed by atoms with Crippen LogP contribution in [0.4, 0.5) is 4.79 Å². The second-order valence-corrected chi connectivity index (χ2v) is 2.25. The average molecular weight is 176 g/mol. The van der Waals surface area contributed by atoms with E-state index in [1.54, 1.807) is 6.92 Å². The van der Waals surface area contributed by atoms with Crippen LogP contribution in [0, 0.1) is 0 Å². The number of halogens is 1. The van der Waals surface area contributed by atoms with Crippen molar-refractivity contribution in [2.24, 2.45) is 0 Å². The molecule has 1 heterocycles. The Kier molecular flexibility index (Phi) is 2.37. The van der Waals surface area contributed by atoms with Crippen LogP contribution < -0.4 is 5.32 Å². The minimum absolute atomic E-state index is 0.321. The molecule has 1 aromatic rings. The Morgan fingerprint density at radius 2 is 2.55 bits per heavy atom. The average Bonchev–Trinajstić information content (AvgIpc) is 2.35. The third-order valence-electron chi connectivity index (χ3n) is 1.08. The van der Waals surface area contributed by atoms with Gasteiger partial charge in [-0.2, -0.15) is 5.21 Å². The summed E-state index contributed by atoms with van der Waals surface area (Å²) in [6.07, 6.45) is 0. The molecule has 0 fully saturated rings. The van der Waals surface area contributed by atoms with Crippen LogP contribution in [0.3, 0.4) is 0 Å². The molecule has 6 nitrogen and oxygen atoms in total. The van der Waals surface area contributed by atoms with Crippen molar-refractivity contribution in [2.75, 3.05) is 0 Å². The Labute approximate surface area is 67.3 Å². The van der Waals surface area contributed by atoms with E-state index in [-0.39, 0.29) is 6.04 Å². The molecule has 7 heteroatoms. The lowest BCUT2D eigenvalue weighted by Crippen LogP contribution is -2.21. The predicted octanol–water partition coefficient (Wildman–Crippen LogP) is 0.209. The van der Waals surface area contributed by atoms with Gasteiger partial charge in [-0.05, 0) is 18.5 Å². The summed E-state index contributed by atoms with van der Waals surface area (Å²) >= 11 is 5.05. The molecule has 0 aliphatic rings. The second-order valence-electron chi connectivity index (χ2n) is 1.91. The van der Waals surface area contributed by atoms with Crippen molar-refractivity contribution in [3.63, 3.8) is 0 Å². The maximum Gasteiger partial charge on any atom is 0.314 e. The van der Waals surface area contributed by atoms with E-state index in [0.717, 1.165) is 0 Å². The Bertz CT molecular complexity index is 235. The minimum Gasteiger partial charge on any atom is -0.333 e. The molecule has 0 spiro atoms. The van der Waals surface area contributed by atoms with Crippen LogP contribution in [0.2, 0.25) is 0 Å². The molecule has 1 amide bonds. The number of nitrogens with zero attached hydrogens (tertiary/aromatic N) is 3. The lowest BCUT2D eigenvalue weighted by Gasteiger charge is -2.04. The maximum absolute atomic E-state index is 10.3. The number of H-pyrrole nitrogens is 1. The number of carbonyl (C=O) groups excluding carboxylic acids is 1. The highest BCUT2D eigenvalue weighted by Crippen LogP contribution is 2.03. The summed E-state index contributed by atoms with van der Waals surface area (Å²) in [5.74, 6) is 0.402. The van der Waals surface area contributed by atoms with E-state index in [2.05, 4.69) is 25.9 Å². The number of nitrogens with one attached hydrogen (secondary N) is 2. The molecule has 1 rings (SSSR count). The van der Waals surface area contributed by atoms with Crippen LogP contribution in [-0.4, -0.2) is 26.0 Å². The van der Waals surface area contributed by atoms with E-state index in [1.807, 2.05) is 0 Å². The number of amides is 1. The summed E-state index contributed by atoms with van der Waals surface area (Å²) in [6.45, 7) is 1.70. The van der Waals surface area contributed by atoms with Crippen molar-refractivity contribution < 1.29 is 4.79 Å². The summed E-state index contributed by atoms with van der Waals surface area (Å²) in [4.78, 5) is 10.3. The first-order valence-corrected chi connectivity index (χ1v) is 3.27. The van der Waals surface area contributed by atoms with Crippen LogP contribution in [-0.2, 0) is 0 Å². The number of tetrazole rings is 1. The van der Waals surface area contributed by atoms with E-state index in [0.29, 0.717) is 5.82 Å². The number of carbonyl (C=O) groups is 1. The topological polar surface area (TPSA) is 83.6 Å². The standard InChI is InChI=1S/C4H6ClN5O/c1-2(6-4(5)11)3-7-9-10-8-3/h2H,1H3,(H,6,11)(H,7,8,9,10). The van der Waals surface area contributed by atoms with Gasteiger partial charge in [-0.25, -0.2) is 0 Å². The normalized spacial score (nSPS) is 12.5. The number of aromatic amines is 1. The SMILES string of the molecule is CC(NC(=O)Cl)c1nn[nH]n1. The fourth-order valence-corrected chi connectivity index (χ4v) is 0.751. The van der Waals surface area contributed by atoms with Crippen molar-refractivity contribution >= 4 is 17.0 Å². The summed E-state index contributed by atoms with van der Waals surface area (Å²) < 4.78 is 0. The van der Waals surface area contributed by atoms with Gasteiger partial charge in [0.2, 0.25) is 0 Å². The summed E-state index contributed by atoms with van der Waals surface area (Å²) in [6, 6.07) is -0.321. The molecule has 0 aliphatic heterocycles. The Morgan fingerprint density at radius 1 is 1.82 bits per heavy atom. The van der Waals surface area contributed by atoms with Gasteiger partial charge >= 0.3 is 5.37 Å². The van der Waals surface area contributed by atoms with Gasteiger partial charge in [-0.1, -0.05) is 5.21 Å². The molecule has 60 valence electrons. The number of hydrogen-bond donors (Lipinski definition) is 2. The molecular formula is C4H6ClN5O. The van der Waals surface area contributed by atoms with Crippen LogP contribution in [0.25, 0.3) is 0 Å². The molecule has 0 saturated carbocycles. The fraction of sp³-hybridized carbons (Fsp3) is 0.500. The molecule has 1 aromatic heterocycles. The highest BCUT2D eigenvalue weighted by atomic mass is 35.5. The van der Waals surface area contributed by atoms with Gasteiger partial charge in [0.1, 0.15) is 0 Å². The first-order valence-electron chi connectivity index (χ1n) is 2.89. The highest BCUT2D eigenvalue weighted by molar-refractivity contribution is 6.62. The Morgan fingerprint density at radius 3 is 3.00 bits per heavy atom. The monoisotopic (exact) mass is 175 g/mol. The van der Waals surface area contributed by atoms with E-state index in [1.165, 1.54) is 0 Å². The molecular weight excluding hydrogens is 170 g/mol. The number of rotatable bonds is 2. The van der Waals surface area contributed by atoms with E-state index in [4.69, 9.17) is 11.6 Å². The molecule has 0 radical (unpaired) electrons. The quantitative estimate of drug-likeness (QED) is 0.497. The lowest BCUT2D eigenvalue weighted by atomic mass is 10.3. The predicted molar refractivity (Wildman–Crippen MR) is 37.0 cm³/mol. The van der Waals surface area contributed by atoms with Crippen molar-refractivity contribution in [1.29, 1.82) is 0 Å². The summed E-state index contributed by atoms with van der Waals surface area (Å²) in [5, 5.41) is 14.6. The smallest absolute Gasteiger partial charge is 0.314 e. The molecule has 0 saturated heterocycles. The summed E-state index contributed by atoms with van der Waals surface area (Å²) in [7, 11) is 0. The molecule has 2 N–H and O–H groups in total. The maximum atomic E-state index is 10.3. The Balaban J connectivity index is 2.56. The van der Waals surface area contributed by atoms with Gasteiger partial charge in [-0.15, -0.1) is 10.2 Å². The van der Waals surface area contributed by atoms with Gasteiger partial charge in [0, 0.05) is 0 Å². The van der Waals surface area contributed by atoms with E-state index >= 15 is 0 Å². The molecule has 0 aromatic carbocycles. The third-order valence-corrected chi connectivity index (χ3v) is 1.19. The molecule has 0 aliphatic carbocycles. The van der Waals surface area contributed by atoms with Gasteiger partial charge in [0.15, 0.2) is 5.82 Å². The molecule has 1 unspecified atom stereocenters. The first-order chi connectivity index (χ1) is 5.20. The van der Waals surface area contributed by atoms with Crippen molar-refractivity contribution in [3.05, 3.63) is 5.82 Å². The van der Waals surface area contributed by atoms with E-state index < -0.39 is 5.37 Å². The van der Waals surface area contributed by atoms with Gasteiger partial charge < -0.3 is 5.32 Å². The van der Waals surface area contributed by atoms with Gasteiger partial charge in [0.05, 0.1) is 6.04 Å². The first kappa shape index (κ1) is 7.93. The van der Waals surface area contributed by atoms with Crippen molar-refractivity contribution in [3.8, 4) is 0 Å². The fourth-order valence-electron chi connectivity index (χ4n) is 0.588. The lowest BCUT2D eigenvalue weighted by molar-refractivity contribution is 0.257. The molecule has 11 heavy (non-hydrogen) atoms. The summed E-state index contributed by atoms with van der Waals surface area (Å²) in [5.41, 5.74) is 0. The van der Waals surface area contributed by atoms with Crippen LogP contribution in [0.1, 0.15) is 18.8 Å². The molecule has 1 atom stereocenters. The zero-order chi connectivity index (χ0) is 8.27. The zero-order valence-corrected chi connectivity index (χ0v) is 6.46. The minimum atomic E-state index is -0.637. The molecule has 0 bridgehead atoms. The number of hydrogen-bond acceptors (Lipinski definition) is 4. The van der Waals surface area contributed by atoms with Crippen LogP contribution >= 0.6 is 11.6 Å². The van der Waals surface area contributed by atoms with E-state index in [9.17, 15) is 4.79 Å². The largest absolute Gasteiger partial charge is 0.333 e.